The van der Waals surface area contributed by atoms with Crippen LogP contribution >= 0.6 is 0 Å². The van der Waals surface area contributed by atoms with Crippen molar-refractivity contribution < 1.29 is 8.42 Å². The van der Waals surface area contributed by atoms with Crippen molar-refractivity contribution in [2.45, 2.75) is 76.9 Å². The maximum Gasteiger partial charge on any atom is 0.236 e. The molecule has 0 heterocycles. The number of hydrogen-bond acceptors (Lipinski definition) is 2. The molecule has 3 nitrogen and oxygen atoms in total. The number of sulfonamides is 1. The van der Waals surface area contributed by atoms with Gasteiger partial charge in [-0.2, -0.15) is 0 Å². The van der Waals surface area contributed by atoms with Crippen molar-refractivity contribution in [1.82, 2.24) is 0 Å². The summed E-state index contributed by atoms with van der Waals surface area (Å²) in [5.41, 5.74) is 0.640. The van der Waals surface area contributed by atoms with Crippen LogP contribution < -0.4 is 4.72 Å². The van der Waals surface area contributed by atoms with Gasteiger partial charge in [-0.3, -0.25) is 4.72 Å². The van der Waals surface area contributed by atoms with Gasteiger partial charge in [-0.1, -0.05) is 38.5 Å². The first-order chi connectivity index (χ1) is 13.9. The highest BCUT2D eigenvalue weighted by Gasteiger charge is 2.59. The van der Waals surface area contributed by atoms with Crippen molar-refractivity contribution in [3.8, 4) is 0 Å². The summed E-state index contributed by atoms with van der Waals surface area (Å²) in [4.78, 5) is 0. The fourth-order valence-corrected chi connectivity index (χ4v) is 10.3. The Morgan fingerprint density at radius 1 is 0.897 bits per heavy atom. The molecule has 1 aromatic rings. The molecule has 8 atom stereocenters. The van der Waals surface area contributed by atoms with Crippen molar-refractivity contribution in [3.05, 3.63) is 30.3 Å². The van der Waals surface area contributed by atoms with Crippen LogP contribution in [0.5, 0.6) is 0 Å². The lowest BCUT2D eigenvalue weighted by atomic mass is 9.50. The van der Waals surface area contributed by atoms with E-state index in [4.69, 9.17) is 0 Å². The summed E-state index contributed by atoms with van der Waals surface area (Å²) in [6, 6.07) is 9.43. The molecule has 0 spiro atoms. The van der Waals surface area contributed by atoms with Crippen LogP contribution in [-0.2, 0) is 10.0 Å². The van der Waals surface area contributed by atoms with E-state index in [1.54, 1.807) is 0 Å². The van der Waals surface area contributed by atoms with Crippen molar-refractivity contribution in [2.75, 3.05) is 4.72 Å². The van der Waals surface area contributed by atoms with Gasteiger partial charge in [0.1, 0.15) is 0 Å². The van der Waals surface area contributed by atoms with Gasteiger partial charge in [-0.05, 0) is 104 Å². The van der Waals surface area contributed by atoms with E-state index in [2.05, 4.69) is 18.6 Å². The van der Waals surface area contributed by atoms with E-state index in [-0.39, 0.29) is 10.7 Å². The van der Waals surface area contributed by atoms with Gasteiger partial charge < -0.3 is 0 Å². The van der Waals surface area contributed by atoms with Crippen LogP contribution in [0.25, 0.3) is 0 Å². The Bertz CT molecular complexity index is 838. The monoisotopic (exact) mass is 415 g/mol. The van der Waals surface area contributed by atoms with Crippen LogP contribution in [-0.4, -0.2) is 13.7 Å². The molecule has 0 unspecified atom stereocenters. The number of fused-ring (bicyclic) bond motifs is 5. The summed E-state index contributed by atoms with van der Waals surface area (Å²) in [5, 5.41) is -0.245. The van der Waals surface area contributed by atoms with Gasteiger partial charge in [0, 0.05) is 5.69 Å². The predicted octanol–water partition coefficient (Wildman–Crippen LogP) is 6.09. The molecule has 4 aliphatic carbocycles. The van der Waals surface area contributed by atoms with Crippen LogP contribution in [0.4, 0.5) is 5.69 Å². The van der Waals surface area contributed by atoms with Gasteiger partial charge in [0.05, 0.1) is 5.25 Å². The molecular formula is C25H37NO2S. The molecule has 1 aromatic carbocycles. The van der Waals surface area contributed by atoms with E-state index < -0.39 is 10.0 Å². The Morgan fingerprint density at radius 3 is 2.45 bits per heavy atom. The first kappa shape index (κ1) is 19.9. The van der Waals surface area contributed by atoms with E-state index in [0.29, 0.717) is 11.6 Å². The topological polar surface area (TPSA) is 46.2 Å². The second kappa shape index (κ2) is 7.28. The molecule has 4 fully saturated rings. The number of rotatable bonds is 3. The molecule has 0 amide bonds. The van der Waals surface area contributed by atoms with Crippen LogP contribution in [0.3, 0.4) is 0 Å². The first-order valence-corrected chi connectivity index (χ1v) is 13.5. The van der Waals surface area contributed by atoms with Crippen LogP contribution in [0.15, 0.2) is 30.3 Å². The second-order valence-corrected chi connectivity index (χ2v) is 12.8. The lowest BCUT2D eigenvalue weighted by Crippen LogP contribution is -2.51. The smallest absolute Gasteiger partial charge is 0.236 e. The Kier molecular flexibility index (Phi) is 5.00. The van der Waals surface area contributed by atoms with Crippen LogP contribution in [0.1, 0.15) is 71.6 Å². The number of benzene rings is 1. The zero-order chi connectivity index (χ0) is 20.2. The number of nitrogens with one attached hydrogen (secondary N) is 1. The highest BCUT2D eigenvalue weighted by Crippen LogP contribution is 2.63. The van der Waals surface area contributed by atoms with E-state index >= 15 is 0 Å². The van der Waals surface area contributed by atoms with Gasteiger partial charge >= 0.3 is 0 Å². The van der Waals surface area contributed by atoms with Crippen molar-refractivity contribution in [2.24, 2.45) is 40.9 Å². The molecule has 160 valence electrons. The maximum atomic E-state index is 13.4. The fraction of sp³-hybridized carbons (Fsp3) is 0.760. The van der Waals surface area contributed by atoms with Gasteiger partial charge in [-0.15, -0.1) is 0 Å². The molecule has 0 saturated heterocycles. The number of anilines is 1. The summed E-state index contributed by atoms with van der Waals surface area (Å²) in [7, 11) is -3.36. The molecule has 4 heteroatoms. The second-order valence-electron chi connectivity index (χ2n) is 11.0. The molecule has 4 aliphatic rings. The van der Waals surface area contributed by atoms with Crippen molar-refractivity contribution in [3.63, 3.8) is 0 Å². The summed E-state index contributed by atoms with van der Waals surface area (Å²) in [6.45, 7) is 4.75. The van der Waals surface area contributed by atoms with Gasteiger partial charge in [0.25, 0.3) is 0 Å². The largest absolute Gasteiger partial charge is 0.283 e. The third kappa shape index (κ3) is 3.34. The fourth-order valence-electron chi connectivity index (χ4n) is 8.29. The average Bonchev–Trinajstić information content (AvgIpc) is 3.06. The minimum Gasteiger partial charge on any atom is -0.283 e. The van der Waals surface area contributed by atoms with Gasteiger partial charge in [0.2, 0.25) is 10.0 Å². The van der Waals surface area contributed by atoms with E-state index in [1.165, 1.54) is 38.5 Å². The zero-order valence-corrected chi connectivity index (χ0v) is 18.8. The molecule has 0 radical (unpaired) electrons. The first-order valence-electron chi connectivity index (χ1n) is 11.9. The number of hydrogen-bond donors (Lipinski definition) is 1. The zero-order valence-electron chi connectivity index (χ0n) is 18.0. The summed E-state index contributed by atoms with van der Waals surface area (Å²) in [5.74, 6) is 5.01. The highest BCUT2D eigenvalue weighted by molar-refractivity contribution is 7.93. The van der Waals surface area contributed by atoms with Crippen LogP contribution in [0, 0.1) is 40.9 Å². The number of para-hydroxylation sites is 1. The molecule has 29 heavy (non-hydrogen) atoms. The third-order valence-electron chi connectivity index (χ3n) is 9.54. The summed E-state index contributed by atoms with van der Waals surface area (Å²) in [6.07, 6.45) is 11.3. The quantitative estimate of drug-likeness (QED) is 0.650. The molecule has 5 rings (SSSR count). The maximum absolute atomic E-state index is 13.4. The minimum atomic E-state index is -3.36. The van der Waals surface area contributed by atoms with E-state index in [9.17, 15) is 8.42 Å². The Balaban J connectivity index is 1.36. The minimum absolute atomic E-state index is 0.0590. The SMILES string of the molecule is C[C@H]1CC[C@H]2[C@H](CC[C@@H]3[C@@H]2CC[C@@]2(C)[C@H]3CC[C@@H]2S(=O)(=O)Nc2ccccc2)C1. The van der Waals surface area contributed by atoms with E-state index in [0.717, 1.165) is 48.9 Å². The Labute approximate surface area is 177 Å². The average molecular weight is 416 g/mol. The van der Waals surface area contributed by atoms with E-state index in [1.807, 2.05) is 30.3 Å². The summed E-state index contributed by atoms with van der Waals surface area (Å²) < 4.78 is 29.7. The Hall–Kier alpha value is -1.03. The van der Waals surface area contributed by atoms with Gasteiger partial charge in [0.15, 0.2) is 0 Å². The molecule has 4 saturated carbocycles. The normalized spacial score (nSPS) is 44.4. The van der Waals surface area contributed by atoms with Gasteiger partial charge in [-0.25, -0.2) is 8.42 Å². The lowest BCUT2D eigenvalue weighted by molar-refractivity contribution is -0.0544. The molecule has 1 N–H and O–H groups in total. The molecule has 0 bridgehead atoms. The standard InChI is InChI=1S/C25H37NO2S/c1-17-8-10-20-18(16-17)9-11-22-21(20)14-15-25(2)23(22)12-13-24(25)29(27,28)26-19-6-4-3-5-7-19/h3-7,17-18,20-24,26H,8-16H2,1-2H3/t17-,18+,20-,21+,22+,23-,24-,25-/m0/s1. The highest BCUT2D eigenvalue weighted by atomic mass is 32.2. The third-order valence-corrected chi connectivity index (χ3v) is 11.6. The van der Waals surface area contributed by atoms with Crippen molar-refractivity contribution >= 4 is 15.7 Å². The lowest BCUT2D eigenvalue weighted by Gasteiger charge is -2.56. The molecule has 0 aromatic heterocycles. The van der Waals surface area contributed by atoms with Crippen molar-refractivity contribution in [1.29, 1.82) is 0 Å². The van der Waals surface area contributed by atoms with Crippen LogP contribution in [0.2, 0.25) is 0 Å². The Morgan fingerprint density at radius 2 is 1.66 bits per heavy atom. The predicted molar refractivity (Wildman–Crippen MR) is 119 cm³/mol. The molecule has 0 aliphatic heterocycles. The molecular weight excluding hydrogens is 378 g/mol. The summed E-state index contributed by atoms with van der Waals surface area (Å²) >= 11 is 0.